The number of anilines is 1. The van der Waals surface area contributed by atoms with Gasteiger partial charge in [0.1, 0.15) is 17.2 Å². The summed E-state index contributed by atoms with van der Waals surface area (Å²) in [7, 11) is -6.00. The van der Waals surface area contributed by atoms with Crippen molar-refractivity contribution in [2.75, 3.05) is 5.32 Å². The van der Waals surface area contributed by atoms with Gasteiger partial charge in [0.2, 0.25) is 17.7 Å². The highest BCUT2D eigenvalue weighted by molar-refractivity contribution is 7.88. The van der Waals surface area contributed by atoms with E-state index in [4.69, 9.17) is 18.6 Å². The first-order valence-corrected chi connectivity index (χ1v) is 17.9. The van der Waals surface area contributed by atoms with E-state index < -0.39 is 39.1 Å². The molecule has 52 heavy (non-hydrogen) atoms. The molecule has 264 valence electrons. The Morgan fingerprint density at radius 3 is 2.65 bits per heavy atom. The minimum atomic E-state index is -6.00. The van der Waals surface area contributed by atoms with Crippen LogP contribution in [0.3, 0.4) is 0 Å². The first-order valence-electron chi connectivity index (χ1n) is 16.5. The van der Waals surface area contributed by atoms with Crippen LogP contribution in [0.5, 0.6) is 11.5 Å². The number of halogens is 3. The molecule has 1 amide bonds. The number of para-hydroxylation sites is 1. The van der Waals surface area contributed by atoms with Crippen LogP contribution in [0, 0.1) is 5.92 Å². The molecule has 4 aliphatic rings. The Kier molecular flexibility index (Phi) is 6.07. The molecular formula is C36H26F3N5O7S. The molecule has 10 bridgehead atoms. The van der Waals surface area contributed by atoms with Crippen molar-refractivity contribution in [2.24, 2.45) is 5.92 Å². The highest BCUT2D eigenvalue weighted by Crippen LogP contribution is 2.61. The molecule has 16 heteroatoms. The summed E-state index contributed by atoms with van der Waals surface area (Å²) in [5.41, 5.74) is -1.89. The Balaban J connectivity index is 1.32. The van der Waals surface area contributed by atoms with Crippen molar-refractivity contribution in [1.29, 1.82) is 0 Å². The molecule has 6 aromatic rings. The van der Waals surface area contributed by atoms with Gasteiger partial charge >= 0.3 is 15.6 Å². The third kappa shape index (κ3) is 4.03. The smallest absolute Gasteiger partial charge is 0.469 e. The van der Waals surface area contributed by atoms with E-state index in [2.05, 4.69) is 24.8 Å². The number of rotatable bonds is 3. The van der Waals surface area contributed by atoms with Gasteiger partial charge in [-0.05, 0) is 41.7 Å². The third-order valence-electron chi connectivity index (χ3n) is 10.3. The van der Waals surface area contributed by atoms with Gasteiger partial charge in [-0.2, -0.15) is 21.6 Å². The predicted octanol–water partition coefficient (Wildman–Crippen LogP) is 6.92. The van der Waals surface area contributed by atoms with Gasteiger partial charge in [-0.3, -0.25) is 4.79 Å². The number of carbonyl (C=O) groups is 1. The zero-order valence-corrected chi connectivity index (χ0v) is 28.0. The molecule has 3 atom stereocenters. The van der Waals surface area contributed by atoms with Crippen molar-refractivity contribution < 1.29 is 44.1 Å². The van der Waals surface area contributed by atoms with Crippen molar-refractivity contribution in [1.82, 2.24) is 20.3 Å². The molecule has 4 aliphatic heterocycles. The highest BCUT2D eigenvalue weighted by Gasteiger charge is 2.61. The summed E-state index contributed by atoms with van der Waals surface area (Å²) >= 11 is 0. The average molecular weight is 730 g/mol. The minimum Gasteiger partial charge on any atom is -0.469 e. The fraction of sp³-hybridized carbons (Fsp3) is 0.250. The number of aromatic amines is 1. The van der Waals surface area contributed by atoms with Crippen LogP contribution in [-0.2, 0) is 26.7 Å². The van der Waals surface area contributed by atoms with E-state index in [9.17, 15) is 26.4 Å². The molecule has 1 spiro atoms. The summed E-state index contributed by atoms with van der Waals surface area (Å²) in [6.07, 6.45) is 2.88. The topological polar surface area (TPSA) is 162 Å². The number of benzene rings is 3. The molecule has 0 radical (unpaired) electrons. The lowest BCUT2D eigenvalue weighted by atomic mass is 9.72. The van der Waals surface area contributed by atoms with Gasteiger partial charge in [-0.25, -0.2) is 9.97 Å². The Hall–Kier alpha value is -5.77. The maximum Gasteiger partial charge on any atom is 0.534 e. The Morgan fingerprint density at radius 1 is 1.00 bits per heavy atom. The average Bonchev–Trinajstić information content (AvgIpc) is 3.91. The second-order valence-corrected chi connectivity index (χ2v) is 15.1. The number of oxazole rings is 2. The first kappa shape index (κ1) is 31.0. The quantitative estimate of drug-likeness (QED) is 0.129. The van der Waals surface area contributed by atoms with Crippen LogP contribution < -0.4 is 19.6 Å². The summed E-state index contributed by atoms with van der Waals surface area (Å²) in [4.78, 5) is 25.7. The van der Waals surface area contributed by atoms with Gasteiger partial charge in [-0.15, -0.1) is 0 Å². The minimum absolute atomic E-state index is 0.00889. The van der Waals surface area contributed by atoms with Crippen molar-refractivity contribution in [3.8, 4) is 45.5 Å². The van der Waals surface area contributed by atoms with Gasteiger partial charge in [-0.1, -0.05) is 44.2 Å². The summed E-state index contributed by atoms with van der Waals surface area (Å²) in [6, 6.07) is 13.6. The van der Waals surface area contributed by atoms with Crippen LogP contribution in [0.2, 0.25) is 0 Å². The Labute approximate surface area is 292 Å². The fourth-order valence-electron chi connectivity index (χ4n) is 7.96. The molecule has 7 heterocycles. The van der Waals surface area contributed by atoms with E-state index in [1.807, 2.05) is 50.2 Å². The second-order valence-electron chi connectivity index (χ2n) is 13.6. The summed E-state index contributed by atoms with van der Waals surface area (Å²) in [5.74, 6) is 0.710. The number of amides is 1. The van der Waals surface area contributed by atoms with Crippen LogP contribution in [0.15, 0.2) is 69.8 Å². The Bertz CT molecular complexity index is 2640. The number of alkyl halides is 3. The standard InChI is InChI=1S/C36H26F3N5O7S/c1-15(2)27-33-43-30-31(50-33)35-20-5-3-4-18(28(20)44-34(35)49-22-9-6-16(12-21(22)35)7-11-25(45)42-27)17-8-10-23(51-52(46,47)36(37,38)39)29-26(17)19(13-40-29)24-14-41-32(30)48-24/h3-6,8-10,12-15,27,34,40,44H,7,11H2,1-2H3,(H,42,45). The molecule has 3 unspecified atom stereocenters. The van der Waals surface area contributed by atoms with E-state index in [1.54, 1.807) is 0 Å². The highest BCUT2D eigenvalue weighted by atomic mass is 32.2. The SMILES string of the molecule is CC(C)C1NC(=O)CCc2ccc3c(c2)C24c5cccc(c5NC2O3)-c2ccc(OS(=O)(=O)C(F)(F)F)c3[nH]cc(c23)-c2cnc(o2)-c2nc1oc24. The molecule has 3 aromatic carbocycles. The number of aryl methyl sites for hydroxylation is 1. The molecule has 0 saturated heterocycles. The van der Waals surface area contributed by atoms with Crippen LogP contribution in [-0.4, -0.2) is 41.0 Å². The zero-order valence-electron chi connectivity index (χ0n) is 27.2. The maximum absolute atomic E-state index is 13.5. The zero-order chi connectivity index (χ0) is 35.9. The number of hydrogen-bond donors (Lipinski definition) is 3. The number of fused-ring (bicyclic) bond motifs is 7. The number of carbonyl (C=O) groups excluding carboxylic acids is 1. The Morgan fingerprint density at radius 2 is 1.85 bits per heavy atom. The van der Waals surface area contributed by atoms with E-state index in [0.717, 1.165) is 16.7 Å². The summed E-state index contributed by atoms with van der Waals surface area (Å²) in [5, 5.41) is 7.02. The van der Waals surface area contributed by atoms with Crippen LogP contribution in [0.4, 0.5) is 18.9 Å². The number of aromatic nitrogens is 3. The van der Waals surface area contributed by atoms with Gasteiger partial charge in [0.05, 0.1) is 11.7 Å². The molecule has 10 rings (SSSR count). The largest absolute Gasteiger partial charge is 0.534 e. The molecule has 3 N–H and O–H groups in total. The van der Waals surface area contributed by atoms with Crippen LogP contribution in [0.1, 0.15) is 54.7 Å². The summed E-state index contributed by atoms with van der Waals surface area (Å²) < 4.78 is 89.3. The lowest BCUT2D eigenvalue weighted by Crippen LogP contribution is -2.40. The molecular weight excluding hydrogens is 703 g/mol. The number of ether oxygens (including phenoxy) is 1. The second kappa shape index (κ2) is 10.2. The normalized spacial score (nSPS) is 21.2. The van der Waals surface area contributed by atoms with E-state index in [0.29, 0.717) is 45.7 Å². The molecule has 0 aliphatic carbocycles. The van der Waals surface area contributed by atoms with E-state index >= 15 is 0 Å². The molecule has 12 nitrogen and oxygen atoms in total. The molecule has 0 fully saturated rings. The van der Waals surface area contributed by atoms with Crippen molar-refractivity contribution >= 4 is 32.6 Å². The fourth-order valence-corrected chi connectivity index (χ4v) is 8.43. The van der Waals surface area contributed by atoms with Crippen molar-refractivity contribution in [3.63, 3.8) is 0 Å². The number of hydrogen-bond acceptors (Lipinski definition) is 10. The third-order valence-corrected chi connectivity index (χ3v) is 11.3. The summed E-state index contributed by atoms with van der Waals surface area (Å²) in [6.45, 7) is 3.91. The van der Waals surface area contributed by atoms with Gasteiger partial charge in [0, 0.05) is 45.9 Å². The molecule has 3 aromatic heterocycles. The van der Waals surface area contributed by atoms with E-state index in [1.165, 1.54) is 24.5 Å². The maximum atomic E-state index is 13.5. The van der Waals surface area contributed by atoms with Crippen molar-refractivity contribution in [2.45, 2.75) is 49.9 Å². The predicted molar refractivity (Wildman–Crippen MR) is 179 cm³/mol. The number of H-pyrrole nitrogens is 1. The number of nitrogens with one attached hydrogen (secondary N) is 3. The van der Waals surface area contributed by atoms with Crippen LogP contribution >= 0.6 is 0 Å². The van der Waals surface area contributed by atoms with Crippen molar-refractivity contribution in [3.05, 3.63) is 89.3 Å². The lowest BCUT2D eigenvalue weighted by Gasteiger charge is -2.28. The molecule has 0 saturated carbocycles. The van der Waals surface area contributed by atoms with Crippen LogP contribution in [0.25, 0.3) is 44.9 Å². The van der Waals surface area contributed by atoms with Gasteiger partial charge in [0.25, 0.3) is 0 Å². The van der Waals surface area contributed by atoms with Gasteiger partial charge in [0.15, 0.2) is 29.2 Å². The monoisotopic (exact) mass is 729 g/mol. The van der Waals surface area contributed by atoms with E-state index in [-0.39, 0.29) is 47.0 Å². The first-order chi connectivity index (χ1) is 24.8. The van der Waals surface area contributed by atoms with Gasteiger partial charge < -0.3 is 33.4 Å². The number of nitrogens with zero attached hydrogens (tertiary/aromatic N) is 2. The lowest BCUT2D eigenvalue weighted by molar-refractivity contribution is -0.122.